The second-order valence-corrected chi connectivity index (χ2v) is 7.27. The molecule has 2 aromatic rings. The molecule has 1 aromatic carbocycles. The fourth-order valence-electron chi connectivity index (χ4n) is 4.00. The molecule has 0 bridgehead atoms. The van der Waals surface area contributed by atoms with Crippen molar-refractivity contribution in [3.05, 3.63) is 47.4 Å². The third-order valence-corrected chi connectivity index (χ3v) is 5.54. The molecule has 142 valence electrons. The van der Waals surface area contributed by atoms with Crippen LogP contribution in [0.15, 0.2) is 30.3 Å². The SMILES string of the molecule is CCN1CCN(C(=O)c2cc(N3CCCc4ccccc43)nc(C)n2)CC1. The van der Waals surface area contributed by atoms with Crippen LogP contribution in [0.3, 0.4) is 0 Å². The Morgan fingerprint density at radius 3 is 2.63 bits per heavy atom. The predicted octanol–water partition coefficient (Wildman–Crippen LogP) is 2.65. The molecule has 27 heavy (non-hydrogen) atoms. The minimum atomic E-state index is 0.0165. The van der Waals surface area contributed by atoms with Crippen molar-refractivity contribution < 1.29 is 4.79 Å². The van der Waals surface area contributed by atoms with Crippen LogP contribution in [0.25, 0.3) is 0 Å². The lowest BCUT2D eigenvalue weighted by molar-refractivity contribution is 0.0637. The van der Waals surface area contributed by atoms with Crippen LogP contribution in [-0.4, -0.2) is 64.9 Å². The summed E-state index contributed by atoms with van der Waals surface area (Å²) in [6.07, 6.45) is 2.17. The van der Waals surface area contributed by atoms with Crippen molar-refractivity contribution >= 4 is 17.4 Å². The number of anilines is 2. The van der Waals surface area contributed by atoms with Gasteiger partial charge in [-0.15, -0.1) is 0 Å². The number of benzene rings is 1. The summed E-state index contributed by atoms with van der Waals surface area (Å²) in [5.41, 5.74) is 3.03. The highest BCUT2D eigenvalue weighted by Gasteiger charge is 2.25. The summed E-state index contributed by atoms with van der Waals surface area (Å²) < 4.78 is 0. The molecule has 3 heterocycles. The molecule has 2 aliphatic rings. The number of para-hydroxylation sites is 1. The van der Waals surface area contributed by atoms with Gasteiger partial charge >= 0.3 is 0 Å². The van der Waals surface area contributed by atoms with Crippen LogP contribution in [-0.2, 0) is 6.42 Å². The Balaban J connectivity index is 1.60. The van der Waals surface area contributed by atoms with Crippen LogP contribution >= 0.6 is 0 Å². The number of hydrogen-bond donors (Lipinski definition) is 0. The number of piperazine rings is 1. The number of aryl methyl sites for hydroxylation is 2. The molecule has 2 aliphatic heterocycles. The number of amides is 1. The third-order valence-electron chi connectivity index (χ3n) is 5.54. The van der Waals surface area contributed by atoms with Crippen LogP contribution < -0.4 is 4.90 Å². The molecule has 1 aromatic heterocycles. The normalized spacial score (nSPS) is 17.7. The zero-order chi connectivity index (χ0) is 18.8. The van der Waals surface area contributed by atoms with E-state index < -0.39 is 0 Å². The topological polar surface area (TPSA) is 52.6 Å². The van der Waals surface area contributed by atoms with E-state index in [0.29, 0.717) is 11.5 Å². The van der Waals surface area contributed by atoms with Crippen molar-refractivity contribution in [1.29, 1.82) is 0 Å². The molecule has 0 unspecified atom stereocenters. The average molecular weight is 365 g/mol. The molecular weight excluding hydrogens is 338 g/mol. The van der Waals surface area contributed by atoms with Gasteiger partial charge in [0.05, 0.1) is 0 Å². The van der Waals surface area contributed by atoms with E-state index in [4.69, 9.17) is 0 Å². The average Bonchev–Trinajstić information content (AvgIpc) is 2.72. The Morgan fingerprint density at radius 2 is 1.85 bits per heavy atom. The molecule has 0 N–H and O–H groups in total. The summed E-state index contributed by atoms with van der Waals surface area (Å²) in [4.78, 5) is 28.6. The Bertz CT molecular complexity index is 829. The fraction of sp³-hybridized carbons (Fsp3) is 0.476. The van der Waals surface area contributed by atoms with Crippen molar-refractivity contribution in [2.24, 2.45) is 0 Å². The van der Waals surface area contributed by atoms with Crippen molar-refractivity contribution in [2.45, 2.75) is 26.7 Å². The van der Waals surface area contributed by atoms with Crippen molar-refractivity contribution in [3.8, 4) is 0 Å². The minimum absolute atomic E-state index is 0.0165. The summed E-state index contributed by atoms with van der Waals surface area (Å²) in [5.74, 6) is 1.49. The van der Waals surface area contributed by atoms with E-state index in [1.807, 2.05) is 17.9 Å². The molecule has 0 atom stereocenters. The van der Waals surface area contributed by atoms with Crippen LogP contribution in [0, 0.1) is 6.92 Å². The molecule has 0 saturated carbocycles. The predicted molar refractivity (Wildman–Crippen MR) is 107 cm³/mol. The van der Waals surface area contributed by atoms with E-state index in [2.05, 4.69) is 51.0 Å². The summed E-state index contributed by atoms with van der Waals surface area (Å²) in [6, 6.07) is 10.3. The molecule has 0 radical (unpaired) electrons. The van der Waals surface area contributed by atoms with Crippen molar-refractivity contribution in [2.75, 3.05) is 44.2 Å². The lowest BCUT2D eigenvalue weighted by Crippen LogP contribution is -2.48. The lowest BCUT2D eigenvalue weighted by atomic mass is 10.0. The van der Waals surface area contributed by atoms with Crippen molar-refractivity contribution in [1.82, 2.24) is 19.8 Å². The lowest BCUT2D eigenvalue weighted by Gasteiger charge is -2.34. The van der Waals surface area contributed by atoms with Gasteiger partial charge in [-0.1, -0.05) is 25.1 Å². The number of nitrogens with zero attached hydrogens (tertiary/aromatic N) is 5. The van der Waals surface area contributed by atoms with E-state index in [1.165, 1.54) is 11.3 Å². The highest BCUT2D eigenvalue weighted by Crippen LogP contribution is 2.32. The number of rotatable bonds is 3. The highest BCUT2D eigenvalue weighted by molar-refractivity contribution is 5.93. The molecule has 6 heteroatoms. The van der Waals surface area contributed by atoms with Gasteiger partial charge in [0.25, 0.3) is 5.91 Å². The maximum atomic E-state index is 13.0. The summed E-state index contributed by atoms with van der Waals surface area (Å²) in [5, 5.41) is 0. The van der Waals surface area contributed by atoms with Crippen LogP contribution in [0.2, 0.25) is 0 Å². The van der Waals surface area contributed by atoms with E-state index in [-0.39, 0.29) is 5.91 Å². The maximum Gasteiger partial charge on any atom is 0.272 e. The molecule has 1 amide bonds. The largest absolute Gasteiger partial charge is 0.335 e. The molecule has 4 rings (SSSR count). The molecular formula is C21H27N5O. The second-order valence-electron chi connectivity index (χ2n) is 7.27. The molecule has 6 nitrogen and oxygen atoms in total. The quantitative estimate of drug-likeness (QED) is 0.837. The molecule has 1 saturated heterocycles. The number of hydrogen-bond acceptors (Lipinski definition) is 5. The van der Waals surface area contributed by atoms with Gasteiger partial charge < -0.3 is 14.7 Å². The van der Waals surface area contributed by atoms with E-state index in [9.17, 15) is 4.79 Å². The number of carbonyl (C=O) groups excluding carboxylic acids is 1. The number of likely N-dealkylation sites (N-methyl/N-ethyl adjacent to an activating group) is 1. The monoisotopic (exact) mass is 365 g/mol. The van der Waals surface area contributed by atoms with E-state index >= 15 is 0 Å². The third kappa shape index (κ3) is 3.67. The first-order chi connectivity index (χ1) is 13.2. The first kappa shape index (κ1) is 17.9. The zero-order valence-electron chi connectivity index (χ0n) is 16.2. The van der Waals surface area contributed by atoms with Crippen LogP contribution in [0.5, 0.6) is 0 Å². The smallest absolute Gasteiger partial charge is 0.272 e. The standard InChI is InChI=1S/C21H27N5O/c1-3-24-11-13-25(14-12-24)21(27)18-15-20(23-16(2)22-18)26-10-6-8-17-7-4-5-9-19(17)26/h4-5,7,9,15H,3,6,8,10-14H2,1-2H3. The van der Waals surface area contributed by atoms with E-state index in [0.717, 1.165) is 57.9 Å². The van der Waals surface area contributed by atoms with Crippen LogP contribution in [0.1, 0.15) is 35.2 Å². The number of fused-ring (bicyclic) bond motifs is 1. The summed E-state index contributed by atoms with van der Waals surface area (Å²) in [7, 11) is 0. The molecule has 0 spiro atoms. The Morgan fingerprint density at radius 1 is 1.07 bits per heavy atom. The van der Waals surface area contributed by atoms with Gasteiger partial charge in [0.1, 0.15) is 17.3 Å². The Labute approximate surface area is 160 Å². The van der Waals surface area contributed by atoms with Gasteiger partial charge in [0, 0.05) is 44.5 Å². The number of carbonyl (C=O) groups is 1. The summed E-state index contributed by atoms with van der Waals surface area (Å²) >= 11 is 0. The summed E-state index contributed by atoms with van der Waals surface area (Å²) in [6.45, 7) is 9.36. The van der Waals surface area contributed by atoms with Gasteiger partial charge in [-0.2, -0.15) is 0 Å². The fourth-order valence-corrected chi connectivity index (χ4v) is 4.00. The first-order valence-electron chi connectivity index (χ1n) is 9.88. The van der Waals surface area contributed by atoms with Gasteiger partial charge in [0.15, 0.2) is 0 Å². The maximum absolute atomic E-state index is 13.0. The second kappa shape index (κ2) is 7.64. The highest BCUT2D eigenvalue weighted by atomic mass is 16.2. The Kier molecular flexibility index (Phi) is 5.07. The van der Waals surface area contributed by atoms with E-state index in [1.54, 1.807) is 0 Å². The van der Waals surface area contributed by atoms with Gasteiger partial charge in [-0.25, -0.2) is 9.97 Å². The van der Waals surface area contributed by atoms with Gasteiger partial charge in [-0.3, -0.25) is 4.79 Å². The minimum Gasteiger partial charge on any atom is -0.335 e. The Hall–Kier alpha value is -2.47. The van der Waals surface area contributed by atoms with Gasteiger partial charge in [0.2, 0.25) is 0 Å². The molecule has 1 fully saturated rings. The van der Waals surface area contributed by atoms with Crippen LogP contribution in [0.4, 0.5) is 11.5 Å². The first-order valence-corrected chi connectivity index (χ1v) is 9.88. The molecule has 0 aliphatic carbocycles. The number of aromatic nitrogens is 2. The zero-order valence-corrected chi connectivity index (χ0v) is 16.2. The van der Waals surface area contributed by atoms with Gasteiger partial charge in [-0.05, 0) is 37.9 Å². The van der Waals surface area contributed by atoms with Crippen molar-refractivity contribution in [3.63, 3.8) is 0 Å².